The minimum atomic E-state index is -4.51. The van der Waals surface area contributed by atoms with Crippen LogP contribution in [0.2, 0.25) is 0 Å². The Bertz CT molecular complexity index is 410. The highest BCUT2D eigenvalue weighted by Gasteiger charge is 2.33. The molecule has 80 valence electrons. The molecule has 0 atom stereocenters. The van der Waals surface area contributed by atoms with E-state index in [2.05, 4.69) is 26.0 Å². The Labute approximate surface area is 91.7 Å². The van der Waals surface area contributed by atoms with Gasteiger partial charge in [0.05, 0.1) is 5.56 Å². The minimum absolute atomic E-state index is 0.312. The summed E-state index contributed by atoms with van der Waals surface area (Å²) in [6.45, 7) is 0. The maximum atomic E-state index is 12.5. The second-order valence-corrected chi connectivity index (χ2v) is 3.23. The molecule has 0 heterocycles. The minimum Gasteiger partial charge on any atom is -0.166 e. The van der Waals surface area contributed by atoms with E-state index in [4.69, 9.17) is 5.53 Å². The predicted molar refractivity (Wildman–Crippen MR) is 52.9 cm³/mol. The summed E-state index contributed by atoms with van der Waals surface area (Å²) in [4.78, 5) is 2.35. The van der Waals surface area contributed by atoms with Crippen molar-refractivity contribution in [1.82, 2.24) is 0 Å². The zero-order chi connectivity index (χ0) is 11.5. The van der Waals surface area contributed by atoms with Crippen LogP contribution < -0.4 is 0 Å². The SMILES string of the molecule is [N-]=[N+]=Nc1ccc(CBr)cc1C(F)(F)F. The van der Waals surface area contributed by atoms with Gasteiger partial charge in [-0.15, -0.1) is 0 Å². The molecule has 0 bridgehead atoms. The van der Waals surface area contributed by atoms with Crippen LogP contribution >= 0.6 is 15.9 Å². The summed E-state index contributed by atoms with van der Waals surface area (Å²) in [5, 5.41) is 3.31. The molecule has 1 rings (SSSR count). The highest BCUT2D eigenvalue weighted by molar-refractivity contribution is 9.08. The van der Waals surface area contributed by atoms with Gasteiger partial charge < -0.3 is 0 Å². The van der Waals surface area contributed by atoms with Crippen molar-refractivity contribution in [3.8, 4) is 0 Å². The smallest absolute Gasteiger partial charge is 0.166 e. The number of nitrogens with zero attached hydrogens (tertiary/aromatic N) is 3. The van der Waals surface area contributed by atoms with Gasteiger partial charge in [0, 0.05) is 15.9 Å². The lowest BCUT2D eigenvalue weighted by molar-refractivity contribution is -0.137. The molecule has 7 heteroatoms. The Morgan fingerprint density at radius 3 is 2.53 bits per heavy atom. The number of hydrogen-bond donors (Lipinski definition) is 0. The van der Waals surface area contributed by atoms with Crippen molar-refractivity contribution in [2.75, 3.05) is 0 Å². The van der Waals surface area contributed by atoms with Crippen LogP contribution in [0.1, 0.15) is 11.1 Å². The quantitative estimate of drug-likeness (QED) is 0.330. The van der Waals surface area contributed by atoms with Crippen molar-refractivity contribution >= 4 is 21.6 Å². The summed E-state index contributed by atoms with van der Waals surface area (Å²) >= 11 is 3.05. The van der Waals surface area contributed by atoms with Gasteiger partial charge in [-0.2, -0.15) is 13.2 Å². The molecule has 1 aromatic rings. The largest absolute Gasteiger partial charge is 0.416 e. The number of hydrogen-bond acceptors (Lipinski definition) is 1. The normalized spacial score (nSPS) is 10.9. The molecular formula is C8H5BrF3N3. The fourth-order valence-electron chi connectivity index (χ4n) is 1.03. The molecule has 3 nitrogen and oxygen atoms in total. The lowest BCUT2D eigenvalue weighted by Gasteiger charge is -2.10. The van der Waals surface area contributed by atoms with Crippen LogP contribution in [-0.2, 0) is 11.5 Å². The van der Waals surface area contributed by atoms with E-state index >= 15 is 0 Å². The first kappa shape index (κ1) is 11.9. The first-order chi connectivity index (χ1) is 6.99. The highest BCUT2D eigenvalue weighted by atomic mass is 79.9. The van der Waals surface area contributed by atoms with Crippen molar-refractivity contribution in [3.63, 3.8) is 0 Å². The van der Waals surface area contributed by atoms with E-state index in [0.717, 1.165) is 12.1 Å². The Morgan fingerprint density at radius 2 is 2.07 bits per heavy atom. The second kappa shape index (κ2) is 4.55. The fraction of sp³-hybridized carbons (Fsp3) is 0.250. The van der Waals surface area contributed by atoms with Crippen LogP contribution in [-0.4, -0.2) is 0 Å². The molecule has 0 radical (unpaired) electrons. The van der Waals surface area contributed by atoms with Crippen molar-refractivity contribution in [1.29, 1.82) is 0 Å². The van der Waals surface area contributed by atoms with Gasteiger partial charge in [0.25, 0.3) is 0 Å². The van der Waals surface area contributed by atoms with Crippen LogP contribution in [0.5, 0.6) is 0 Å². The Kier molecular flexibility index (Phi) is 3.60. The summed E-state index contributed by atoms with van der Waals surface area (Å²) in [5.74, 6) is 0. The Balaban J connectivity index is 3.35. The van der Waals surface area contributed by atoms with E-state index in [9.17, 15) is 13.2 Å². The molecule has 1 aromatic carbocycles. The molecule has 0 aliphatic rings. The van der Waals surface area contributed by atoms with E-state index < -0.39 is 17.4 Å². The Morgan fingerprint density at radius 1 is 1.40 bits per heavy atom. The van der Waals surface area contributed by atoms with Crippen molar-refractivity contribution in [3.05, 3.63) is 39.8 Å². The highest BCUT2D eigenvalue weighted by Crippen LogP contribution is 2.37. The molecule has 0 aliphatic carbocycles. The van der Waals surface area contributed by atoms with Crippen molar-refractivity contribution in [2.24, 2.45) is 5.11 Å². The van der Waals surface area contributed by atoms with Gasteiger partial charge in [-0.1, -0.05) is 33.2 Å². The van der Waals surface area contributed by atoms with Gasteiger partial charge in [-0.25, -0.2) is 0 Å². The van der Waals surface area contributed by atoms with Crippen LogP contribution in [0, 0.1) is 0 Å². The average Bonchev–Trinajstić information content (AvgIpc) is 2.17. The average molecular weight is 280 g/mol. The fourth-order valence-corrected chi connectivity index (χ4v) is 1.38. The molecule has 0 amide bonds. The van der Waals surface area contributed by atoms with Crippen LogP contribution in [0.4, 0.5) is 18.9 Å². The Hall–Kier alpha value is -1.20. The maximum absolute atomic E-state index is 12.5. The van der Waals surface area contributed by atoms with E-state index in [1.165, 1.54) is 6.07 Å². The van der Waals surface area contributed by atoms with Gasteiger partial charge in [-0.05, 0) is 17.2 Å². The van der Waals surface area contributed by atoms with Crippen LogP contribution in [0.3, 0.4) is 0 Å². The molecule has 15 heavy (non-hydrogen) atoms. The number of rotatable bonds is 2. The van der Waals surface area contributed by atoms with Crippen LogP contribution in [0.25, 0.3) is 10.4 Å². The van der Waals surface area contributed by atoms with E-state index in [1.54, 1.807) is 0 Å². The van der Waals surface area contributed by atoms with E-state index in [0.29, 0.717) is 10.9 Å². The zero-order valence-corrected chi connectivity index (χ0v) is 8.88. The van der Waals surface area contributed by atoms with Crippen molar-refractivity contribution in [2.45, 2.75) is 11.5 Å². The molecule has 0 unspecified atom stereocenters. The van der Waals surface area contributed by atoms with Gasteiger partial charge in [0.15, 0.2) is 0 Å². The lowest BCUT2D eigenvalue weighted by atomic mass is 10.1. The third kappa shape index (κ3) is 2.87. The molecule has 0 N–H and O–H groups in total. The van der Waals surface area contributed by atoms with E-state index in [1.807, 2.05) is 0 Å². The first-order valence-corrected chi connectivity index (χ1v) is 4.92. The van der Waals surface area contributed by atoms with E-state index in [-0.39, 0.29) is 0 Å². The number of benzene rings is 1. The first-order valence-electron chi connectivity index (χ1n) is 3.80. The molecular weight excluding hydrogens is 275 g/mol. The van der Waals surface area contributed by atoms with Gasteiger partial charge >= 0.3 is 6.18 Å². The topological polar surface area (TPSA) is 48.8 Å². The molecule has 0 fully saturated rings. The lowest BCUT2D eigenvalue weighted by Crippen LogP contribution is -2.05. The number of halogens is 4. The summed E-state index contributed by atoms with van der Waals surface area (Å²) < 4.78 is 37.5. The molecule has 0 spiro atoms. The summed E-state index contributed by atoms with van der Waals surface area (Å²) in [6, 6.07) is 3.58. The maximum Gasteiger partial charge on any atom is 0.416 e. The second-order valence-electron chi connectivity index (χ2n) is 2.67. The molecule has 0 aromatic heterocycles. The summed E-state index contributed by atoms with van der Waals surface area (Å²) in [5.41, 5.74) is 7.26. The monoisotopic (exact) mass is 279 g/mol. The third-order valence-corrected chi connectivity index (χ3v) is 2.32. The van der Waals surface area contributed by atoms with Gasteiger partial charge in [0.2, 0.25) is 0 Å². The van der Waals surface area contributed by atoms with Gasteiger partial charge in [-0.3, -0.25) is 0 Å². The summed E-state index contributed by atoms with van der Waals surface area (Å²) in [6.07, 6.45) is -4.51. The molecule has 0 saturated carbocycles. The predicted octanol–water partition coefficient (Wildman–Crippen LogP) is 4.54. The van der Waals surface area contributed by atoms with Crippen molar-refractivity contribution < 1.29 is 13.2 Å². The third-order valence-electron chi connectivity index (χ3n) is 1.67. The summed E-state index contributed by atoms with van der Waals surface area (Å²) in [7, 11) is 0. The van der Waals surface area contributed by atoms with Gasteiger partial charge in [0.1, 0.15) is 0 Å². The molecule has 0 saturated heterocycles. The standard InChI is InChI=1S/C8H5BrF3N3/c9-4-5-1-2-7(14-15-13)6(3-5)8(10,11)12/h1-3H,4H2. The number of azide groups is 1. The zero-order valence-electron chi connectivity index (χ0n) is 7.29. The molecule has 0 aliphatic heterocycles. The van der Waals surface area contributed by atoms with Crippen LogP contribution in [0.15, 0.2) is 23.3 Å². The number of alkyl halides is 4.